The Morgan fingerprint density at radius 2 is 2.12 bits per heavy atom. The van der Waals surface area contributed by atoms with Crippen molar-refractivity contribution in [2.24, 2.45) is 0 Å². The number of ketones is 1. The second-order valence-corrected chi connectivity index (χ2v) is 7.68. The van der Waals surface area contributed by atoms with Crippen molar-refractivity contribution in [3.63, 3.8) is 0 Å². The molecule has 1 unspecified atom stereocenters. The molecule has 0 aromatic heterocycles. The first kappa shape index (κ1) is 18.2. The van der Waals surface area contributed by atoms with Crippen LogP contribution in [0.5, 0.6) is 0 Å². The summed E-state index contributed by atoms with van der Waals surface area (Å²) in [5.74, 6) is 2.15. The van der Waals surface area contributed by atoms with E-state index in [0.29, 0.717) is 17.8 Å². The molecule has 7 heteroatoms. The minimum atomic E-state index is -0.231. The molecule has 1 atom stereocenters. The summed E-state index contributed by atoms with van der Waals surface area (Å²) in [5.41, 5.74) is 1.24. The van der Waals surface area contributed by atoms with Crippen molar-refractivity contribution in [2.45, 2.75) is 18.9 Å². The van der Waals surface area contributed by atoms with Crippen molar-refractivity contribution < 1.29 is 14.3 Å². The van der Waals surface area contributed by atoms with Crippen LogP contribution >= 0.6 is 11.8 Å². The fourth-order valence-electron chi connectivity index (χ4n) is 3.37. The van der Waals surface area contributed by atoms with Gasteiger partial charge in [0.25, 0.3) is 0 Å². The molecule has 0 spiro atoms. The SMILES string of the molecule is CC(=O)c1cccc(NC(=O)NCC2(N3CCOCC3)CCSC2)c1. The Kier molecular flexibility index (Phi) is 5.98. The summed E-state index contributed by atoms with van der Waals surface area (Å²) < 4.78 is 5.46. The van der Waals surface area contributed by atoms with E-state index in [2.05, 4.69) is 15.5 Å². The summed E-state index contributed by atoms with van der Waals surface area (Å²) in [6.45, 7) is 5.50. The molecular weight excluding hydrogens is 338 g/mol. The molecule has 0 aliphatic carbocycles. The number of Topliss-reactive ketones (excluding diaryl/α,β-unsaturated/α-hetero) is 1. The van der Waals surface area contributed by atoms with E-state index in [1.807, 2.05) is 11.8 Å². The van der Waals surface area contributed by atoms with Gasteiger partial charge in [-0.3, -0.25) is 9.69 Å². The summed E-state index contributed by atoms with van der Waals surface area (Å²) >= 11 is 1.94. The number of hydrogen-bond acceptors (Lipinski definition) is 5. The number of carbonyl (C=O) groups excluding carboxylic acids is 2. The van der Waals surface area contributed by atoms with E-state index >= 15 is 0 Å². The first-order chi connectivity index (χ1) is 12.1. The lowest BCUT2D eigenvalue weighted by atomic mass is 9.95. The molecule has 0 radical (unpaired) electrons. The molecule has 2 N–H and O–H groups in total. The lowest BCUT2D eigenvalue weighted by Gasteiger charge is -2.43. The highest BCUT2D eigenvalue weighted by molar-refractivity contribution is 7.99. The molecule has 0 bridgehead atoms. The molecule has 2 fully saturated rings. The van der Waals surface area contributed by atoms with Gasteiger partial charge in [-0.25, -0.2) is 4.79 Å². The Balaban J connectivity index is 1.58. The van der Waals surface area contributed by atoms with E-state index in [1.165, 1.54) is 6.92 Å². The van der Waals surface area contributed by atoms with E-state index in [4.69, 9.17) is 4.74 Å². The molecule has 2 heterocycles. The predicted octanol–water partition coefficient (Wildman–Crippen LogP) is 2.22. The summed E-state index contributed by atoms with van der Waals surface area (Å²) in [7, 11) is 0. The van der Waals surface area contributed by atoms with E-state index < -0.39 is 0 Å². The van der Waals surface area contributed by atoms with Gasteiger partial charge in [0, 0.05) is 42.2 Å². The maximum absolute atomic E-state index is 12.3. The monoisotopic (exact) mass is 363 g/mol. The predicted molar refractivity (Wildman–Crippen MR) is 101 cm³/mol. The van der Waals surface area contributed by atoms with Crippen LogP contribution in [0.4, 0.5) is 10.5 Å². The van der Waals surface area contributed by atoms with Crippen molar-refractivity contribution in [2.75, 3.05) is 49.7 Å². The second kappa shape index (κ2) is 8.21. The van der Waals surface area contributed by atoms with Gasteiger partial charge in [0.05, 0.1) is 13.2 Å². The molecule has 2 aliphatic heterocycles. The zero-order valence-electron chi connectivity index (χ0n) is 14.5. The quantitative estimate of drug-likeness (QED) is 0.785. The molecule has 1 aromatic rings. The van der Waals surface area contributed by atoms with Crippen molar-refractivity contribution in [3.05, 3.63) is 29.8 Å². The smallest absolute Gasteiger partial charge is 0.319 e. The third-order valence-corrected chi connectivity index (χ3v) is 6.10. The topological polar surface area (TPSA) is 70.7 Å². The van der Waals surface area contributed by atoms with Crippen molar-refractivity contribution in [1.29, 1.82) is 0 Å². The minimum absolute atomic E-state index is 0.0155. The normalized spacial score (nSPS) is 24.0. The van der Waals surface area contributed by atoms with E-state index in [0.717, 1.165) is 44.2 Å². The Labute approximate surface area is 152 Å². The zero-order chi connectivity index (χ0) is 17.7. The summed E-state index contributed by atoms with van der Waals surface area (Å²) in [5, 5.41) is 5.86. The molecule has 25 heavy (non-hydrogen) atoms. The first-order valence-corrected chi connectivity index (χ1v) is 9.81. The molecule has 1 aromatic carbocycles. The maximum atomic E-state index is 12.3. The highest BCUT2D eigenvalue weighted by Gasteiger charge is 2.40. The number of nitrogens with zero attached hydrogens (tertiary/aromatic N) is 1. The number of ether oxygens (including phenoxy) is 1. The number of amides is 2. The van der Waals surface area contributed by atoms with Crippen LogP contribution in [0.25, 0.3) is 0 Å². The van der Waals surface area contributed by atoms with Crippen molar-refractivity contribution in [3.8, 4) is 0 Å². The van der Waals surface area contributed by atoms with Crippen molar-refractivity contribution >= 4 is 29.3 Å². The first-order valence-electron chi connectivity index (χ1n) is 8.65. The van der Waals surface area contributed by atoms with Gasteiger partial charge in [-0.15, -0.1) is 0 Å². The van der Waals surface area contributed by atoms with E-state index in [9.17, 15) is 9.59 Å². The van der Waals surface area contributed by atoms with Crippen LogP contribution in [0.1, 0.15) is 23.7 Å². The van der Waals surface area contributed by atoms with Gasteiger partial charge in [0.2, 0.25) is 0 Å². The number of thioether (sulfide) groups is 1. The average molecular weight is 363 g/mol. The van der Waals surface area contributed by atoms with Gasteiger partial charge in [-0.1, -0.05) is 12.1 Å². The number of urea groups is 1. The standard InChI is InChI=1S/C18H25N3O3S/c1-14(22)15-3-2-4-16(11-15)20-17(23)19-12-18(5-10-25-13-18)21-6-8-24-9-7-21/h2-4,11H,5-10,12-13H2,1H3,(H2,19,20,23). The van der Waals surface area contributed by atoms with Crippen LogP contribution in [0.2, 0.25) is 0 Å². The van der Waals surface area contributed by atoms with Gasteiger partial charge < -0.3 is 15.4 Å². The van der Waals surface area contributed by atoms with Gasteiger partial charge in [0.15, 0.2) is 5.78 Å². The number of rotatable bonds is 5. The number of benzene rings is 1. The number of morpholine rings is 1. The third-order valence-electron chi connectivity index (χ3n) is 4.87. The fraction of sp³-hybridized carbons (Fsp3) is 0.556. The Morgan fingerprint density at radius 3 is 2.80 bits per heavy atom. The highest BCUT2D eigenvalue weighted by Crippen LogP contribution is 2.33. The van der Waals surface area contributed by atoms with Crippen LogP contribution in [-0.4, -0.2) is 66.6 Å². The molecule has 2 aliphatic rings. The Morgan fingerprint density at radius 1 is 1.32 bits per heavy atom. The highest BCUT2D eigenvalue weighted by atomic mass is 32.2. The van der Waals surface area contributed by atoms with Gasteiger partial charge >= 0.3 is 6.03 Å². The molecule has 0 saturated carbocycles. The van der Waals surface area contributed by atoms with Crippen LogP contribution in [0.15, 0.2) is 24.3 Å². The molecule has 2 saturated heterocycles. The molecule has 2 amide bonds. The van der Waals surface area contributed by atoms with Crippen LogP contribution in [0, 0.1) is 0 Å². The minimum Gasteiger partial charge on any atom is -0.379 e. The summed E-state index contributed by atoms with van der Waals surface area (Å²) in [4.78, 5) is 26.2. The molecule has 136 valence electrons. The molecule has 6 nitrogen and oxygen atoms in total. The lowest BCUT2D eigenvalue weighted by molar-refractivity contribution is -0.0123. The Hall–Kier alpha value is -1.57. The van der Waals surface area contributed by atoms with Crippen LogP contribution in [0.3, 0.4) is 0 Å². The van der Waals surface area contributed by atoms with Crippen LogP contribution < -0.4 is 10.6 Å². The average Bonchev–Trinajstić information content (AvgIpc) is 3.11. The maximum Gasteiger partial charge on any atom is 0.319 e. The second-order valence-electron chi connectivity index (χ2n) is 6.57. The zero-order valence-corrected chi connectivity index (χ0v) is 15.4. The fourth-order valence-corrected chi connectivity index (χ4v) is 4.85. The third kappa shape index (κ3) is 4.54. The van der Waals surface area contributed by atoms with E-state index in [-0.39, 0.29) is 17.4 Å². The molecule has 3 rings (SSSR count). The van der Waals surface area contributed by atoms with Gasteiger partial charge in [-0.05, 0) is 31.2 Å². The summed E-state index contributed by atoms with van der Waals surface area (Å²) in [6.07, 6.45) is 1.08. The largest absolute Gasteiger partial charge is 0.379 e. The Bertz CT molecular complexity index is 626. The number of carbonyl (C=O) groups is 2. The number of nitrogens with one attached hydrogen (secondary N) is 2. The molecular formula is C18H25N3O3S. The van der Waals surface area contributed by atoms with Gasteiger partial charge in [-0.2, -0.15) is 11.8 Å². The van der Waals surface area contributed by atoms with E-state index in [1.54, 1.807) is 24.3 Å². The van der Waals surface area contributed by atoms with Crippen LogP contribution in [-0.2, 0) is 4.74 Å². The van der Waals surface area contributed by atoms with Gasteiger partial charge in [0.1, 0.15) is 0 Å². The van der Waals surface area contributed by atoms with Crippen molar-refractivity contribution in [1.82, 2.24) is 10.2 Å². The number of anilines is 1. The summed E-state index contributed by atoms with van der Waals surface area (Å²) in [6, 6.07) is 6.77. The number of hydrogen-bond donors (Lipinski definition) is 2. The lowest BCUT2D eigenvalue weighted by Crippen LogP contribution is -2.59.